The molecule has 1 saturated carbocycles. The maximum absolute atomic E-state index is 11.0. The predicted octanol–water partition coefficient (Wildman–Crippen LogP) is 1.72. The molecule has 110 valence electrons. The fraction of sp³-hybridized carbons (Fsp3) is 0.429. The fourth-order valence-electron chi connectivity index (χ4n) is 2.72. The van der Waals surface area contributed by atoms with E-state index in [9.17, 15) is 4.79 Å². The smallest absolute Gasteiger partial charge is 0.303 e. The minimum atomic E-state index is -0.751. The molecule has 2 aromatic rings. The lowest BCUT2D eigenvalue weighted by Gasteiger charge is -2.40. The molecule has 0 aliphatic heterocycles. The number of anilines is 1. The molecule has 0 amide bonds. The average Bonchev–Trinajstić information content (AvgIpc) is 2.90. The van der Waals surface area contributed by atoms with Crippen LogP contribution in [0.3, 0.4) is 0 Å². The Balaban J connectivity index is 1.72. The molecule has 1 aromatic carbocycles. The molecule has 7 nitrogen and oxygen atoms in total. The Morgan fingerprint density at radius 3 is 2.71 bits per heavy atom. The summed E-state index contributed by atoms with van der Waals surface area (Å²) in [5.41, 5.74) is 0.699. The number of aromatic nitrogens is 4. The number of carbonyl (C=O) groups is 1. The zero-order valence-corrected chi connectivity index (χ0v) is 11.6. The molecule has 0 atom stereocenters. The number of carboxylic acids is 1. The lowest BCUT2D eigenvalue weighted by Crippen LogP contribution is -2.39. The van der Waals surface area contributed by atoms with E-state index < -0.39 is 5.97 Å². The molecule has 2 N–H and O–H groups in total. The lowest BCUT2D eigenvalue weighted by molar-refractivity contribution is -0.141. The van der Waals surface area contributed by atoms with Crippen molar-refractivity contribution in [2.45, 2.75) is 25.7 Å². The summed E-state index contributed by atoms with van der Waals surface area (Å²) in [5.74, 6) is -0.211. The molecule has 1 aromatic heterocycles. The van der Waals surface area contributed by atoms with Crippen molar-refractivity contribution in [2.24, 2.45) is 5.41 Å². The maximum Gasteiger partial charge on any atom is 0.303 e. The summed E-state index contributed by atoms with van der Waals surface area (Å²) >= 11 is 0. The molecule has 1 fully saturated rings. The monoisotopic (exact) mass is 287 g/mol. The van der Waals surface area contributed by atoms with Gasteiger partial charge in [0.05, 0.1) is 12.1 Å². The van der Waals surface area contributed by atoms with Crippen molar-refractivity contribution in [1.82, 2.24) is 20.2 Å². The number of para-hydroxylation sites is 1. The van der Waals surface area contributed by atoms with Gasteiger partial charge in [0, 0.05) is 6.54 Å². The molecule has 1 aliphatic rings. The Hall–Kier alpha value is -2.44. The molecule has 0 unspecified atom stereocenters. The molecule has 7 heteroatoms. The van der Waals surface area contributed by atoms with Crippen LogP contribution >= 0.6 is 0 Å². The van der Waals surface area contributed by atoms with Gasteiger partial charge in [-0.3, -0.25) is 4.79 Å². The van der Waals surface area contributed by atoms with Crippen LogP contribution in [0.1, 0.15) is 25.7 Å². The van der Waals surface area contributed by atoms with Crippen LogP contribution in [-0.2, 0) is 4.79 Å². The van der Waals surface area contributed by atoms with E-state index in [4.69, 9.17) is 5.11 Å². The first-order chi connectivity index (χ1) is 10.2. The molecule has 0 saturated heterocycles. The van der Waals surface area contributed by atoms with Gasteiger partial charge in [-0.15, -0.1) is 0 Å². The average molecular weight is 287 g/mol. The number of benzene rings is 1. The number of nitrogens with one attached hydrogen (secondary N) is 1. The van der Waals surface area contributed by atoms with Crippen LogP contribution in [0.5, 0.6) is 0 Å². The first kappa shape index (κ1) is 13.5. The topological polar surface area (TPSA) is 92.9 Å². The van der Waals surface area contributed by atoms with Crippen molar-refractivity contribution in [3.05, 3.63) is 30.3 Å². The van der Waals surface area contributed by atoms with E-state index in [1.54, 1.807) is 4.68 Å². The van der Waals surface area contributed by atoms with Gasteiger partial charge in [-0.1, -0.05) is 29.7 Å². The van der Waals surface area contributed by atoms with E-state index in [-0.39, 0.29) is 11.8 Å². The van der Waals surface area contributed by atoms with E-state index in [2.05, 4.69) is 20.8 Å². The van der Waals surface area contributed by atoms with Gasteiger partial charge in [-0.2, -0.15) is 4.68 Å². The third-order valence-corrected chi connectivity index (χ3v) is 4.03. The number of aliphatic carboxylic acids is 1. The van der Waals surface area contributed by atoms with Crippen LogP contribution in [0.15, 0.2) is 30.3 Å². The van der Waals surface area contributed by atoms with Crippen LogP contribution in [0.2, 0.25) is 0 Å². The van der Waals surface area contributed by atoms with Gasteiger partial charge in [0.15, 0.2) is 0 Å². The van der Waals surface area contributed by atoms with E-state index >= 15 is 0 Å². The van der Waals surface area contributed by atoms with Crippen LogP contribution in [0, 0.1) is 5.41 Å². The van der Waals surface area contributed by atoms with Crippen LogP contribution < -0.4 is 5.32 Å². The van der Waals surface area contributed by atoms with Gasteiger partial charge >= 0.3 is 5.97 Å². The van der Waals surface area contributed by atoms with Crippen LogP contribution in [0.25, 0.3) is 5.69 Å². The Kier molecular flexibility index (Phi) is 3.55. The zero-order valence-electron chi connectivity index (χ0n) is 11.6. The summed E-state index contributed by atoms with van der Waals surface area (Å²) in [5, 5.41) is 23.9. The minimum Gasteiger partial charge on any atom is -0.481 e. The van der Waals surface area contributed by atoms with Crippen molar-refractivity contribution in [1.29, 1.82) is 0 Å². The molecule has 21 heavy (non-hydrogen) atoms. The maximum atomic E-state index is 11.0. The number of hydrogen-bond donors (Lipinski definition) is 2. The summed E-state index contributed by atoms with van der Waals surface area (Å²) in [6.07, 6.45) is 3.13. The van der Waals surface area contributed by atoms with E-state index in [0.717, 1.165) is 24.9 Å². The summed E-state index contributed by atoms with van der Waals surface area (Å²) in [4.78, 5) is 11.0. The third kappa shape index (κ3) is 2.86. The molecular formula is C14H17N5O2. The first-order valence-electron chi connectivity index (χ1n) is 6.98. The highest BCUT2D eigenvalue weighted by molar-refractivity contribution is 5.68. The van der Waals surface area contributed by atoms with Gasteiger partial charge in [-0.05, 0) is 40.8 Å². The molecule has 1 aliphatic carbocycles. The van der Waals surface area contributed by atoms with Crippen molar-refractivity contribution in [2.75, 3.05) is 11.9 Å². The van der Waals surface area contributed by atoms with Crippen molar-refractivity contribution in [3.8, 4) is 5.69 Å². The molecule has 0 bridgehead atoms. The number of hydrogen-bond acceptors (Lipinski definition) is 5. The van der Waals surface area contributed by atoms with Crippen LogP contribution in [-0.4, -0.2) is 37.8 Å². The highest BCUT2D eigenvalue weighted by atomic mass is 16.4. The number of tetrazole rings is 1. The second-order valence-electron chi connectivity index (χ2n) is 5.53. The van der Waals surface area contributed by atoms with Crippen molar-refractivity contribution in [3.63, 3.8) is 0 Å². The highest BCUT2D eigenvalue weighted by Crippen LogP contribution is 2.43. The normalized spacial score (nSPS) is 16.2. The lowest BCUT2D eigenvalue weighted by atomic mass is 9.66. The SMILES string of the molecule is O=C(O)CC1(CNc2nnnn2-c2ccccc2)CCC1. The quantitative estimate of drug-likeness (QED) is 0.840. The molecule has 3 rings (SSSR count). The Morgan fingerprint density at radius 1 is 1.33 bits per heavy atom. The van der Waals surface area contributed by atoms with Crippen molar-refractivity contribution >= 4 is 11.9 Å². The summed E-state index contributed by atoms with van der Waals surface area (Å²) in [7, 11) is 0. The minimum absolute atomic E-state index is 0.167. The van der Waals surface area contributed by atoms with E-state index in [1.165, 1.54) is 0 Å². The molecule has 1 heterocycles. The van der Waals surface area contributed by atoms with Gasteiger partial charge in [0.2, 0.25) is 5.95 Å². The highest BCUT2D eigenvalue weighted by Gasteiger charge is 2.39. The van der Waals surface area contributed by atoms with Crippen LogP contribution in [0.4, 0.5) is 5.95 Å². The van der Waals surface area contributed by atoms with E-state index in [1.807, 2.05) is 30.3 Å². The number of rotatable bonds is 6. The Labute approximate surface area is 122 Å². The summed E-state index contributed by atoms with van der Waals surface area (Å²) in [6.45, 7) is 0.576. The molecular weight excluding hydrogens is 270 g/mol. The number of nitrogens with zero attached hydrogens (tertiary/aromatic N) is 4. The zero-order chi connectivity index (χ0) is 14.7. The standard InChI is InChI=1S/C14H17N5O2/c20-12(21)9-14(7-4-8-14)10-15-13-16-17-18-19(13)11-5-2-1-3-6-11/h1-3,5-6H,4,7-10H2,(H,20,21)(H,15,16,18). The summed E-state index contributed by atoms with van der Waals surface area (Å²) < 4.78 is 1.62. The Bertz CT molecular complexity index is 621. The largest absolute Gasteiger partial charge is 0.481 e. The number of carboxylic acid groups (broad SMARTS) is 1. The molecule has 0 spiro atoms. The summed E-state index contributed by atoms with van der Waals surface area (Å²) in [6, 6.07) is 9.59. The predicted molar refractivity (Wildman–Crippen MR) is 76.2 cm³/mol. The Morgan fingerprint density at radius 2 is 2.10 bits per heavy atom. The van der Waals surface area contributed by atoms with Gasteiger partial charge in [0.25, 0.3) is 0 Å². The van der Waals surface area contributed by atoms with Gasteiger partial charge in [-0.25, -0.2) is 0 Å². The van der Waals surface area contributed by atoms with E-state index in [0.29, 0.717) is 12.5 Å². The second-order valence-corrected chi connectivity index (χ2v) is 5.53. The molecule has 0 radical (unpaired) electrons. The fourth-order valence-corrected chi connectivity index (χ4v) is 2.72. The van der Waals surface area contributed by atoms with Crippen molar-refractivity contribution < 1.29 is 9.90 Å². The second kappa shape index (κ2) is 5.51. The van der Waals surface area contributed by atoms with Gasteiger partial charge < -0.3 is 10.4 Å². The first-order valence-corrected chi connectivity index (χ1v) is 6.98. The third-order valence-electron chi connectivity index (χ3n) is 4.03. The van der Waals surface area contributed by atoms with Gasteiger partial charge in [0.1, 0.15) is 0 Å².